The van der Waals surface area contributed by atoms with Crippen LogP contribution in [0.2, 0.25) is 0 Å². The number of methoxy groups -OCH3 is 1. The summed E-state index contributed by atoms with van der Waals surface area (Å²) in [5.74, 6) is 1.13. The van der Waals surface area contributed by atoms with Gasteiger partial charge < -0.3 is 20.2 Å². The van der Waals surface area contributed by atoms with E-state index in [2.05, 4.69) is 25.4 Å². The molecule has 29 heavy (non-hydrogen) atoms. The molecule has 0 saturated heterocycles. The van der Waals surface area contributed by atoms with Crippen molar-refractivity contribution in [3.8, 4) is 17.0 Å². The molecule has 144 valence electrons. The molecule has 0 aliphatic carbocycles. The molecule has 5 rings (SSSR count). The molecule has 5 aromatic rings. The zero-order chi connectivity index (χ0) is 20.0. The second kappa shape index (κ2) is 6.48. The molecule has 3 heterocycles. The molecular weight excluding hydrogens is 370 g/mol. The zero-order valence-electron chi connectivity index (χ0n) is 15.7. The molecule has 9 heteroatoms. The van der Waals surface area contributed by atoms with E-state index in [1.165, 1.54) is 6.33 Å². The highest BCUT2D eigenvalue weighted by molar-refractivity contribution is 5.98. The summed E-state index contributed by atoms with van der Waals surface area (Å²) in [6, 6.07) is 13.6. The highest BCUT2D eigenvalue weighted by Gasteiger charge is 2.15. The third-order valence-corrected chi connectivity index (χ3v) is 4.65. The summed E-state index contributed by atoms with van der Waals surface area (Å²) in [7, 11) is 3.45. The van der Waals surface area contributed by atoms with Gasteiger partial charge in [0.05, 0.1) is 12.5 Å². The van der Waals surface area contributed by atoms with Gasteiger partial charge in [-0.2, -0.15) is 10.1 Å². The summed E-state index contributed by atoms with van der Waals surface area (Å²) in [5.41, 5.74) is 10.6. The Labute approximate surface area is 165 Å². The van der Waals surface area contributed by atoms with Gasteiger partial charge in [-0.15, -0.1) is 0 Å². The monoisotopic (exact) mass is 387 g/mol. The largest absolute Gasteiger partial charge is 0.497 e. The minimum absolute atomic E-state index is 0.405. The Morgan fingerprint density at radius 1 is 1.10 bits per heavy atom. The van der Waals surface area contributed by atoms with Crippen molar-refractivity contribution in [2.24, 2.45) is 7.05 Å². The lowest BCUT2D eigenvalue weighted by Gasteiger charge is -2.03. The van der Waals surface area contributed by atoms with E-state index in [9.17, 15) is 0 Å². The first-order valence-electron chi connectivity index (χ1n) is 8.87. The number of hydrogen-bond acceptors (Lipinski definition) is 8. The first-order chi connectivity index (χ1) is 14.1. The van der Waals surface area contributed by atoms with E-state index in [0.29, 0.717) is 23.1 Å². The number of rotatable bonds is 4. The number of hydrogen-bond donors (Lipinski definition) is 2. The van der Waals surface area contributed by atoms with Gasteiger partial charge in [-0.05, 0) is 24.3 Å². The Balaban J connectivity index is 1.45. The minimum Gasteiger partial charge on any atom is -0.497 e. The summed E-state index contributed by atoms with van der Waals surface area (Å²) in [4.78, 5) is 12.8. The number of nitrogens with two attached hydrogens (primary N) is 1. The molecule has 0 fully saturated rings. The Bertz CT molecular complexity index is 1340. The van der Waals surface area contributed by atoms with E-state index < -0.39 is 0 Å². The van der Waals surface area contributed by atoms with Crippen molar-refractivity contribution >= 4 is 39.7 Å². The highest BCUT2D eigenvalue weighted by atomic mass is 16.5. The SMILES string of the molecule is COc1ccc2oc(Nc3ccc(-c4nn(C)c5ncnc(N)c45)cc3)nc2c1. The quantitative estimate of drug-likeness (QED) is 0.481. The van der Waals surface area contributed by atoms with E-state index >= 15 is 0 Å². The molecule has 9 nitrogen and oxygen atoms in total. The number of nitrogen functional groups attached to an aromatic ring is 1. The fourth-order valence-corrected chi connectivity index (χ4v) is 3.23. The maximum absolute atomic E-state index is 6.05. The van der Waals surface area contributed by atoms with Crippen molar-refractivity contribution in [1.82, 2.24) is 24.7 Å². The Morgan fingerprint density at radius 3 is 2.72 bits per heavy atom. The van der Waals surface area contributed by atoms with Crippen LogP contribution in [0.15, 0.2) is 53.2 Å². The van der Waals surface area contributed by atoms with Crippen LogP contribution in [0.4, 0.5) is 17.5 Å². The fraction of sp³-hybridized carbons (Fsp3) is 0.100. The molecule has 3 N–H and O–H groups in total. The lowest BCUT2D eigenvalue weighted by Crippen LogP contribution is -1.95. The van der Waals surface area contributed by atoms with Crippen molar-refractivity contribution in [1.29, 1.82) is 0 Å². The van der Waals surface area contributed by atoms with Gasteiger partial charge >= 0.3 is 0 Å². The molecule has 2 aromatic carbocycles. The molecule has 0 saturated carbocycles. The Morgan fingerprint density at radius 2 is 1.93 bits per heavy atom. The number of oxazole rings is 1. The Hall–Kier alpha value is -4.14. The van der Waals surface area contributed by atoms with Crippen molar-refractivity contribution in [2.45, 2.75) is 0 Å². The predicted molar refractivity (Wildman–Crippen MR) is 110 cm³/mol. The third kappa shape index (κ3) is 2.89. The number of benzene rings is 2. The molecule has 0 unspecified atom stereocenters. The number of aromatic nitrogens is 5. The van der Waals surface area contributed by atoms with Crippen LogP contribution in [0.1, 0.15) is 0 Å². The van der Waals surface area contributed by atoms with Crippen molar-refractivity contribution in [2.75, 3.05) is 18.2 Å². The third-order valence-electron chi connectivity index (χ3n) is 4.65. The van der Waals surface area contributed by atoms with Crippen LogP contribution in [-0.4, -0.2) is 31.8 Å². The van der Waals surface area contributed by atoms with Crippen LogP contribution in [0.5, 0.6) is 5.75 Å². The van der Waals surface area contributed by atoms with Crippen LogP contribution >= 0.6 is 0 Å². The van der Waals surface area contributed by atoms with Crippen LogP contribution in [0, 0.1) is 0 Å². The molecular formula is C20H17N7O2. The van der Waals surface area contributed by atoms with E-state index in [1.54, 1.807) is 11.8 Å². The summed E-state index contributed by atoms with van der Waals surface area (Å²) in [6.07, 6.45) is 1.44. The highest BCUT2D eigenvalue weighted by Crippen LogP contribution is 2.31. The second-order valence-corrected chi connectivity index (χ2v) is 6.48. The van der Waals surface area contributed by atoms with Crippen LogP contribution < -0.4 is 15.8 Å². The van der Waals surface area contributed by atoms with Crippen molar-refractivity contribution < 1.29 is 9.15 Å². The summed E-state index contributed by atoms with van der Waals surface area (Å²) < 4.78 is 12.7. The normalized spacial score (nSPS) is 11.2. The van der Waals surface area contributed by atoms with Gasteiger partial charge in [-0.25, -0.2) is 14.6 Å². The fourth-order valence-electron chi connectivity index (χ4n) is 3.23. The zero-order valence-corrected chi connectivity index (χ0v) is 15.7. The lowest BCUT2D eigenvalue weighted by molar-refractivity contribution is 0.415. The summed E-state index contributed by atoms with van der Waals surface area (Å²) >= 11 is 0. The average molecular weight is 387 g/mol. The smallest absolute Gasteiger partial charge is 0.300 e. The van der Waals surface area contributed by atoms with Crippen LogP contribution in [0.25, 0.3) is 33.4 Å². The van der Waals surface area contributed by atoms with Crippen molar-refractivity contribution in [3.05, 3.63) is 48.8 Å². The van der Waals surface area contributed by atoms with Gasteiger partial charge in [0.15, 0.2) is 11.2 Å². The molecule has 0 aliphatic rings. The van der Waals surface area contributed by atoms with Gasteiger partial charge in [-0.1, -0.05) is 12.1 Å². The lowest BCUT2D eigenvalue weighted by atomic mass is 10.1. The molecule has 0 spiro atoms. The first-order valence-corrected chi connectivity index (χ1v) is 8.87. The maximum Gasteiger partial charge on any atom is 0.300 e. The Kier molecular flexibility index (Phi) is 3.80. The summed E-state index contributed by atoms with van der Waals surface area (Å²) in [6.45, 7) is 0. The topological polar surface area (TPSA) is 117 Å². The van der Waals surface area contributed by atoms with E-state index in [-0.39, 0.29) is 0 Å². The standard InChI is InChI=1S/C20H17N7O2/c1-27-19-16(18(21)22-10-23-19)17(26-27)11-3-5-12(6-4-11)24-20-25-14-9-13(28-2)7-8-15(14)29-20/h3-10H,1-2H3,(H,24,25)(H2,21,22,23). The number of aryl methyl sites for hydroxylation is 1. The van der Waals surface area contributed by atoms with Crippen LogP contribution in [-0.2, 0) is 7.05 Å². The number of fused-ring (bicyclic) bond motifs is 2. The molecule has 3 aromatic heterocycles. The second-order valence-electron chi connectivity index (χ2n) is 6.48. The van der Waals surface area contributed by atoms with Crippen molar-refractivity contribution in [3.63, 3.8) is 0 Å². The number of nitrogens with zero attached hydrogens (tertiary/aromatic N) is 5. The van der Waals surface area contributed by atoms with E-state index in [1.807, 2.05) is 49.5 Å². The van der Waals surface area contributed by atoms with E-state index in [0.717, 1.165) is 33.6 Å². The molecule has 0 radical (unpaired) electrons. The van der Waals surface area contributed by atoms with Gasteiger partial charge in [0.2, 0.25) is 0 Å². The number of nitrogens with one attached hydrogen (secondary N) is 1. The van der Waals surface area contributed by atoms with Gasteiger partial charge in [0.25, 0.3) is 6.01 Å². The average Bonchev–Trinajstić information content (AvgIpc) is 3.29. The number of ether oxygens (including phenoxy) is 1. The molecule has 0 bridgehead atoms. The minimum atomic E-state index is 0.405. The van der Waals surface area contributed by atoms with Gasteiger partial charge in [0.1, 0.15) is 29.1 Å². The predicted octanol–water partition coefficient (Wildman–Crippen LogP) is 3.51. The maximum atomic E-state index is 6.05. The number of anilines is 3. The van der Waals surface area contributed by atoms with Gasteiger partial charge in [-0.3, -0.25) is 0 Å². The van der Waals surface area contributed by atoms with E-state index in [4.69, 9.17) is 14.9 Å². The van der Waals surface area contributed by atoms with Gasteiger partial charge in [0, 0.05) is 24.4 Å². The molecule has 0 aliphatic heterocycles. The first kappa shape index (κ1) is 17.0. The van der Waals surface area contributed by atoms with Crippen LogP contribution in [0.3, 0.4) is 0 Å². The summed E-state index contributed by atoms with van der Waals surface area (Å²) in [5, 5.41) is 8.46. The molecule has 0 amide bonds. The molecule has 0 atom stereocenters.